The number of hydrogen-bond acceptors (Lipinski definition) is 1. The largest absolute Gasteiger partial charge is 0.664 e. The third kappa shape index (κ3) is 10.1. The van der Waals surface area contributed by atoms with Crippen LogP contribution in [0.4, 0.5) is 5.69 Å². The summed E-state index contributed by atoms with van der Waals surface area (Å²) < 4.78 is 11.6. The normalized spacial score (nSPS) is 14.7. The van der Waals surface area contributed by atoms with Gasteiger partial charge in [0, 0.05) is 30.5 Å². The van der Waals surface area contributed by atoms with Crippen LogP contribution < -0.4 is 0 Å². The average Bonchev–Trinajstić information content (AvgIpc) is 2.55. The first-order valence-electron chi connectivity index (χ1n) is 13.1. The quantitative estimate of drug-likeness (QED) is 0.220. The number of hydrogen-bond donors (Lipinski definition) is 0. The second-order valence-corrected chi connectivity index (χ2v) is 34.8. The Morgan fingerprint density at radius 2 is 1.11 bits per heavy atom. The van der Waals surface area contributed by atoms with E-state index in [2.05, 4.69) is 140 Å². The minimum atomic E-state index is -1.87. The SMILES string of the molecule is CC(C)(C)[PH+](C[Si](C)(C)[N-][Si](C)(C)CP(=Nc1ccccc1)(C(C)(C)C)C(C)(C)C)C(C)(C)C.[Co]. The van der Waals surface area contributed by atoms with E-state index in [4.69, 9.17) is 9.39 Å². The first-order chi connectivity index (χ1) is 14.8. The van der Waals surface area contributed by atoms with E-state index in [9.17, 15) is 0 Å². The molecule has 0 aliphatic heterocycles. The van der Waals surface area contributed by atoms with Crippen molar-refractivity contribution in [2.24, 2.45) is 4.74 Å². The molecule has 0 saturated heterocycles. The summed E-state index contributed by atoms with van der Waals surface area (Å²) >= 11 is 0. The number of benzene rings is 1. The van der Waals surface area contributed by atoms with Crippen LogP contribution in [-0.4, -0.2) is 48.7 Å². The van der Waals surface area contributed by atoms with Crippen molar-refractivity contribution in [3.63, 3.8) is 0 Å². The topological polar surface area (TPSA) is 26.5 Å². The smallest absolute Gasteiger partial charge is 0.0694 e. The molecule has 7 heteroatoms. The van der Waals surface area contributed by atoms with Gasteiger partial charge in [-0.3, -0.25) is 4.74 Å². The van der Waals surface area contributed by atoms with Crippen LogP contribution in [0.5, 0.6) is 0 Å². The molecular weight excluding hydrogens is 541 g/mol. The van der Waals surface area contributed by atoms with Gasteiger partial charge in [0.1, 0.15) is 0 Å². The van der Waals surface area contributed by atoms with Crippen molar-refractivity contribution in [3.05, 3.63) is 35.0 Å². The molecule has 0 atom stereocenters. The first kappa shape index (κ1) is 35.8. The third-order valence-corrected chi connectivity index (χ3v) is 30.2. The van der Waals surface area contributed by atoms with Gasteiger partial charge in [-0.15, -0.1) is 0 Å². The van der Waals surface area contributed by atoms with E-state index in [0.29, 0.717) is 10.3 Å². The molecule has 0 unspecified atom stereocenters. The van der Waals surface area contributed by atoms with Gasteiger partial charge in [0.15, 0.2) is 0 Å². The fraction of sp³-hybridized carbons (Fsp3) is 0.786. The Balaban J connectivity index is 0.0000116. The predicted molar refractivity (Wildman–Crippen MR) is 171 cm³/mol. The molecule has 0 amide bonds. The molecule has 2 nitrogen and oxygen atoms in total. The van der Waals surface area contributed by atoms with E-state index in [1.165, 1.54) is 11.6 Å². The van der Waals surface area contributed by atoms with E-state index in [0.717, 1.165) is 5.69 Å². The Bertz CT molecular complexity index is 824. The standard InChI is InChI=1S/C28H57N2P2Si2.Co/c1-25(2,3)31(26(4,5)6)22-33(13,14)30-34(15,16)23-32(27(7,8)9,28(10,11)12)29-24-20-18-17-19-21-24;/h17-21H,22-23H2,1-16H3;/q-1;/p+1. The molecule has 0 spiro atoms. The molecule has 207 valence electrons. The maximum absolute atomic E-state index is 5.93. The molecule has 0 heterocycles. The maximum Gasteiger partial charge on any atom is 0.0694 e. The van der Waals surface area contributed by atoms with Crippen LogP contribution in [0, 0.1) is 0 Å². The fourth-order valence-corrected chi connectivity index (χ4v) is 36.2. The van der Waals surface area contributed by atoms with Crippen molar-refractivity contribution >= 4 is 37.1 Å². The molecule has 1 aromatic rings. The summed E-state index contributed by atoms with van der Waals surface area (Å²) in [6, 6.07) is 10.7. The summed E-state index contributed by atoms with van der Waals surface area (Å²) in [6.07, 6.45) is 0. The van der Waals surface area contributed by atoms with Crippen LogP contribution in [0.3, 0.4) is 0 Å². The minimum absolute atomic E-state index is 0. The summed E-state index contributed by atoms with van der Waals surface area (Å²) in [6.45, 7) is 39.6. The van der Waals surface area contributed by atoms with E-state index >= 15 is 0 Å². The number of rotatable bonds is 7. The van der Waals surface area contributed by atoms with Crippen molar-refractivity contribution in [3.8, 4) is 0 Å². The van der Waals surface area contributed by atoms with Crippen LogP contribution >= 0.6 is 15.0 Å². The third-order valence-electron chi connectivity index (χ3n) is 6.90. The van der Waals surface area contributed by atoms with E-state index in [1.54, 1.807) is 0 Å². The van der Waals surface area contributed by atoms with Crippen molar-refractivity contribution in [1.82, 2.24) is 0 Å². The Hall–Kier alpha value is 0.780. The van der Waals surface area contributed by atoms with Crippen LogP contribution in [-0.2, 0) is 16.8 Å². The van der Waals surface area contributed by atoms with Crippen molar-refractivity contribution < 1.29 is 16.8 Å². The van der Waals surface area contributed by atoms with Gasteiger partial charge in [-0.05, 0) is 85.1 Å². The molecule has 1 rings (SSSR count). The Morgan fingerprint density at radius 1 is 0.714 bits per heavy atom. The summed E-state index contributed by atoms with van der Waals surface area (Å²) in [7, 11) is -5.94. The molecule has 0 aliphatic rings. The average molecular weight is 600 g/mol. The van der Waals surface area contributed by atoms with Crippen molar-refractivity contribution in [2.45, 2.75) is 130 Å². The Labute approximate surface area is 234 Å². The maximum atomic E-state index is 5.93. The molecule has 0 aromatic heterocycles. The second kappa shape index (κ2) is 11.9. The molecular formula is C28H58CoN2P2Si2. The van der Waals surface area contributed by atoms with Gasteiger partial charge in [-0.2, -0.15) is 0 Å². The van der Waals surface area contributed by atoms with Crippen LogP contribution in [0.2, 0.25) is 26.2 Å². The zero-order valence-electron chi connectivity index (χ0n) is 26.0. The van der Waals surface area contributed by atoms with Gasteiger partial charge >= 0.3 is 0 Å². The van der Waals surface area contributed by atoms with Crippen LogP contribution in [0.15, 0.2) is 35.1 Å². The van der Waals surface area contributed by atoms with Crippen LogP contribution in [0.1, 0.15) is 83.1 Å². The minimum Gasteiger partial charge on any atom is -0.664 e. The van der Waals surface area contributed by atoms with E-state index in [-0.39, 0.29) is 27.1 Å². The molecule has 0 bridgehead atoms. The van der Waals surface area contributed by atoms with Crippen molar-refractivity contribution in [1.29, 1.82) is 0 Å². The fourth-order valence-electron chi connectivity index (χ4n) is 6.05. The molecule has 1 aromatic carbocycles. The molecule has 35 heavy (non-hydrogen) atoms. The van der Waals surface area contributed by atoms with Gasteiger partial charge in [0.05, 0.1) is 16.0 Å². The molecule has 0 fully saturated rings. The van der Waals surface area contributed by atoms with Crippen molar-refractivity contribution in [2.75, 3.05) is 11.6 Å². The molecule has 0 N–H and O–H groups in total. The zero-order valence-corrected chi connectivity index (χ0v) is 30.9. The van der Waals surface area contributed by atoms with E-state index in [1.807, 2.05) is 0 Å². The van der Waals surface area contributed by atoms with Gasteiger partial charge in [-0.25, -0.2) is 0 Å². The van der Waals surface area contributed by atoms with Gasteiger partial charge in [0.2, 0.25) is 0 Å². The predicted octanol–water partition coefficient (Wildman–Crippen LogP) is 10.8. The summed E-state index contributed by atoms with van der Waals surface area (Å²) in [4.78, 5) is 0. The summed E-state index contributed by atoms with van der Waals surface area (Å²) in [5.74, 6) is 2.57. The molecule has 0 saturated carbocycles. The number of nitrogens with zero attached hydrogens (tertiary/aromatic N) is 2. The van der Waals surface area contributed by atoms with Gasteiger partial charge < -0.3 is 4.65 Å². The Morgan fingerprint density at radius 3 is 1.46 bits per heavy atom. The summed E-state index contributed by atoms with van der Waals surface area (Å²) in [5, 5.41) is 1.06. The second-order valence-electron chi connectivity index (χ2n) is 15.6. The molecule has 0 aliphatic carbocycles. The monoisotopic (exact) mass is 599 g/mol. The molecule has 1 radical (unpaired) electrons. The first-order valence-corrected chi connectivity index (χ1v) is 23.0. The van der Waals surface area contributed by atoms with Gasteiger partial charge in [0.25, 0.3) is 0 Å². The van der Waals surface area contributed by atoms with Crippen LogP contribution in [0.25, 0.3) is 4.65 Å². The van der Waals surface area contributed by atoms with E-state index < -0.39 is 31.4 Å². The van der Waals surface area contributed by atoms with Gasteiger partial charge in [-0.1, -0.05) is 94.2 Å². The Kier molecular flexibility index (Phi) is 12.2. The summed E-state index contributed by atoms with van der Waals surface area (Å²) in [5.41, 5.74) is 1.15. The zero-order chi connectivity index (χ0) is 27.0.